The number of aromatic nitrogens is 1. The van der Waals surface area contributed by atoms with Gasteiger partial charge in [-0.15, -0.1) is 11.3 Å². The summed E-state index contributed by atoms with van der Waals surface area (Å²) in [5.41, 5.74) is 2.64. The summed E-state index contributed by atoms with van der Waals surface area (Å²) in [6.07, 6.45) is 0.0526. The van der Waals surface area contributed by atoms with Gasteiger partial charge >= 0.3 is 5.97 Å². The highest BCUT2D eigenvalue weighted by molar-refractivity contribution is 7.15. The fourth-order valence-electron chi connectivity index (χ4n) is 3.77. The lowest BCUT2D eigenvalue weighted by molar-refractivity contribution is -0.137. The number of carboxylic acids is 1. The zero-order valence-corrected chi connectivity index (χ0v) is 19.7. The van der Waals surface area contributed by atoms with Gasteiger partial charge in [0.25, 0.3) is 0 Å². The standard InChI is InChI=1S/C24H25NO7S/c1-13-21(12-31-16-5-6-17-15(9-22(26)27)11-32-18(17)10-16)33-24(25-13)14-7-19(28-2)23(30-4)20(8-14)29-3/h5-8,10,15H,9,11-12H2,1-4H3,(H,26,27). The van der Waals surface area contributed by atoms with Gasteiger partial charge in [-0.3, -0.25) is 4.79 Å². The number of aryl methyl sites for hydroxylation is 1. The third-order valence-electron chi connectivity index (χ3n) is 5.46. The molecule has 0 spiro atoms. The summed E-state index contributed by atoms with van der Waals surface area (Å²) in [7, 11) is 4.73. The summed E-state index contributed by atoms with van der Waals surface area (Å²) in [4.78, 5) is 16.7. The third kappa shape index (κ3) is 4.68. The van der Waals surface area contributed by atoms with E-state index in [-0.39, 0.29) is 12.3 Å². The number of methoxy groups -OCH3 is 3. The van der Waals surface area contributed by atoms with Crippen molar-refractivity contribution in [1.82, 2.24) is 4.98 Å². The third-order valence-corrected chi connectivity index (χ3v) is 6.64. The van der Waals surface area contributed by atoms with E-state index in [4.69, 9.17) is 33.8 Å². The second-order valence-corrected chi connectivity index (χ2v) is 8.62. The molecule has 0 saturated heterocycles. The smallest absolute Gasteiger partial charge is 0.304 e. The lowest BCUT2D eigenvalue weighted by atomic mass is 9.98. The molecule has 8 nitrogen and oxygen atoms in total. The highest BCUT2D eigenvalue weighted by Gasteiger charge is 2.26. The van der Waals surface area contributed by atoms with Crippen LogP contribution < -0.4 is 23.7 Å². The number of aliphatic carboxylic acids is 1. The van der Waals surface area contributed by atoms with Gasteiger partial charge in [0.15, 0.2) is 11.5 Å². The number of carboxylic acid groups (broad SMARTS) is 1. The Hall–Kier alpha value is -3.46. The predicted octanol–water partition coefficient (Wildman–Crippen LogP) is 4.67. The van der Waals surface area contributed by atoms with Crippen LogP contribution in [-0.2, 0) is 11.4 Å². The first-order valence-electron chi connectivity index (χ1n) is 10.3. The van der Waals surface area contributed by atoms with Crippen LogP contribution in [0.5, 0.6) is 28.7 Å². The van der Waals surface area contributed by atoms with Crippen LogP contribution in [0.1, 0.15) is 28.5 Å². The zero-order chi connectivity index (χ0) is 23.5. The van der Waals surface area contributed by atoms with Crippen LogP contribution in [0.25, 0.3) is 10.6 Å². The maximum absolute atomic E-state index is 11.0. The first kappa shape index (κ1) is 22.7. The minimum absolute atomic E-state index is 0.0526. The number of benzene rings is 2. The molecule has 3 aromatic rings. The molecule has 0 fully saturated rings. The maximum atomic E-state index is 11.0. The topological polar surface area (TPSA) is 96.3 Å². The molecule has 4 rings (SSSR count). The molecular formula is C24H25NO7S. The van der Waals surface area contributed by atoms with Crippen LogP contribution in [0.3, 0.4) is 0 Å². The molecule has 2 aromatic carbocycles. The van der Waals surface area contributed by atoms with Crippen molar-refractivity contribution in [3.8, 4) is 39.3 Å². The molecule has 1 N–H and O–H groups in total. The lowest BCUT2D eigenvalue weighted by Gasteiger charge is -2.13. The monoisotopic (exact) mass is 471 g/mol. The fraction of sp³-hybridized carbons (Fsp3) is 0.333. The number of fused-ring (bicyclic) bond motifs is 1. The Kier molecular flexibility index (Phi) is 6.60. The van der Waals surface area contributed by atoms with E-state index in [9.17, 15) is 4.79 Å². The summed E-state index contributed by atoms with van der Waals surface area (Å²) in [6.45, 7) is 2.67. The minimum atomic E-state index is -0.833. The van der Waals surface area contributed by atoms with E-state index >= 15 is 0 Å². The Morgan fingerprint density at radius 2 is 1.88 bits per heavy atom. The van der Waals surface area contributed by atoms with Crippen molar-refractivity contribution in [3.05, 3.63) is 46.5 Å². The van der Waals surface area contributed by atoms with Gasteiger partial charge in [-0.05, 0) is 25.1 Å². The van der Waals surface area contributed by atoms with Crippen molar-refractivity contribution in [2.45, 2.75) is 25.9 Å². The van der Waals surface area contributed by atoms with Gasteiger partial charge in [0, 0.05) is 23.1 Å². The van der Waals surface area contributed by atoms with E-state index in [1.165, 1.54) is 11.3 Å². The van der Waals surface area contributed by atoms with Crippen LogP contribution in [-0.4, -0.2) is 44.0 Å². The van der Waals surface area contributed by atoms with Gasteiger partial charge in [0.2, 0.25) is 5.75 Å². The molecule has 1 aliphatic rings. The molecule has 1 atom stereocenters. The van der Waals surface area contributed by atoms with Crippen molar-refractivity contribution >= 4 is 17.3 Å². The maximum Gasteiger partial charge on any atom is 0.304 e. The molecule has 0 aliphatic carbocycles. The second-order valence-electron chi connectivity index (χ2n) is 7.54. The molecule has 0 radical (unpaired) electrons. The highest BCUT2D eigenvalue weighted by atomic mass is 32.1. The van der Waals surface area contributed by atoms with Crippen molar-refractivity contribution in [1.29, 1.82) is 0 Å². The normalized spacial score (nSPS) is 14.4. The number of hydrogen-bond acceptors (Lipinski definition) is 8. The molecule has 9 heteroatoms. The average molecular weight is 472 g/mol. The van der Waals surface area contributed by atoms with E-state index in [0.717, 1.165) is 26.7 Å². The molecule has 33 heavy (non-hydrogen) atoms. The van der Waals surface area contributed by atoms with Crippen LogP contribution in [0, 0.1) is 6.92 Å². The number of nitrogens with zero attached hydrogens (tertiary/aromatic N) is 1. The Bertz CT molecular complexity index is 1150. The van der Waals surface area contributed by atoms with Crippen molar-refractivity contribution in [2.24, 2.45) is 0 Å². The Balaban J connectivity index is 1.51. The predicted molar refractivity (Wildman–Crippen MR) is 123 cm³/mol. The quantitative estimate of drug-likeness (QED) is 0.481. The van der Waals surface area contributed by atoms with E-state index < -0.39 is 5.97 Å². The van der Waals surface area contributed by atoms with Gasteiger partial charge in [-0.2, -0.15) is 0 Å². The van der Waals surface area contributed by atoms with Crippen LogP contribution in [0.4, 0.5) is 0 Å². The zero-order valence-electron chi connectivity index (χ0n) is 18.8. The lowest BCUT2D eigenvalue weighted by Crippen LogP contribution is -2.07. The fourth-order valence-corrected chi connectivity index (χ4v) is 4.73. The summed E-state index contributed by atoms with van der Waals surface area (Å²) < 4.78 is 28.0. The van der Waals surface area contributed by atoms with Crippen LogP contribution >= 0.6 is 11.3 Å². The number of ether oxygens (including phenoxy) is 5. The van der Waals surface area contributed by atoms with Crippen LogP contribution in [0.2, 0.25) is 0 Å². The van der Waals surface area contributed by atoms with Gasteiger partial charge < -0.3 is 28.8 Å². The van der Waals surface area contributed by atoms with Gasteiger partial charge in [0.1, 0.15) is 23.1 Å². The number of hydrogen-bond donors (Lipinski definition) is 1. The molecule has 0 saturated carbocycles. The largest absolute Gasteiger partial charge is 0.493 e. The van der Waals surface area contributed by atoms with E-state index in [0.29, 0.717) is 42.0 Å². The average Bonchev–Trinajstić information content (AvgIpc) is 3.38. The Labute approximate surface area is 195 Å². The minimum Gasteiger partial charge on any atom is -0.493 e. The molecule has 1 unspecified atom stereocenters. The van der Waals surface area contributed by atoms with Crippen LogP contribution in [0.15, 0.2) is 30.3 Å². The Morgan fingerprint density at radius 1 is 1.15 bits per heavy atom. The van der Waals surface area contributed by atoms with Gasteiger partial charge in [0.05, 0.1) is 44.9 Å². The van der Waals surface area contributed by atoms with Crippen molar-refractivity contribution < 1.29 is 33.6 Å². The first-order valence-corrected chi connectivity index (χ1v) is 11.1. The van der Waals surface area contributed by atoms with Crippen molar-refractivity contribution in [2.75, 3.05) is 27.9 Å². The second kappa shape index (κ2) is 9.58. The molecular weight excluding hydrogens is 446 g/mol. The number of thiazole rings is 1. The van der Waals surface area contributed by atoms with E-state index in [2.05, 4.69) is 0 Å². The van der Waals surface area contributed by atoms with Gasteiger partial charge in [-0.1, -0.05) is 6.07 Å². The highest BCUT2D eigenvalue weighted by Crippen LogP contribution is 2.43. The van der Waals surface area contributed by atoms with E-state index in [1.807, 2.05) is 37.3 Å². The SMILES string of the molecule is COc1cc(-c2nc(C)c(COc3ccc4c(c3)OCC4CC(=O)O)s2)cc(OC)c1OC. The van der Waals surface area contributed by atoms with E-state index in [1.54, 1.807) is 21.3 Å². The Morgan fingerprint density at radius 3 is 2.52 bits per heavy atom. The molecule has 0 bridgehead atoms. The summed E-state index contributed by atoms with van der Waals surface area (Å²) >= 11 is 1.53. The number of rotatable bonds is 9. The van der Waals surface area contributed by atoms with Gasteiger partial charge in [-0.25, -0.2) is 4.98 Å². The summed E-state index contributed by atoms with van der Waals surface area (Å²) in [5, 5.41) is 9.87. The number of carbonyl (C=O) groups is 1. The molecule has 1 aliphatic heterocycles. The first-order chi connectivity index (χ1) is 15.9. The summed E-state index contributed by atoms with van der Waals surface area (Å²) in [6, 6.07) is 9.28. The molecule has 0 amide bonds. The summed E-state index contributed by atoms with van der Waals surface area (Å²) in [5.74, 6) is 2.04. The molecule has 1 aromatic heterocycles. The molecule has 2 heterocycles. The van der Waals surface area contributed by atoms with Crippen molar-refractivity contribution in [3.63, 3.8) is 0 Å². The molecule has 174 valence electrons.